The topological polar surface area (TPSA) is 100 Å². The first-order valence-corrected chi connectivity index (χ1v) is 17.7. The van der Waals surface area contributed by atoms with Gasteiger partial charge in [0.15, 0.2) is 0 Å². The van der Waals surface area contributed by atoms with E-state index in [1.807, 2.05) is 24.3 Å². The first-order chi connectivity index (χ1) is 20.4. The maximum absolute atomic E-state index is 12.9. The van der Waals surface area contributed by atoms with E-state index in [4.69, 9.17) is 14.8 Å². The van der Waals surface area contributed by atoms with Crippen molar-refractivity contribution in [1.29, 1.82) is 0 Å². The van der Waals surface area contributed by atoms with Crippen molar-refractivity contribution in [2.75, 3.05) is 63.2 Å². The predicted molar refractivity (Wildman–Crippen MR) is 181 cm³/mol. The third-order valence-corrected chi connectivity index (χ3v) is 9.60. The smallest absolute Gasteiger partial charge is 0.229 e. The Kier molecular flexibility index (Phi) is 9.15. The molecular formula is C31H40BrN8O2P. The Balaban J connectivity index is 1.54. The van der Waals surface area contributed by atoms with Crippen molar-refractivity contribution >= 4 is 57.2 Å². The number of ether oxygens (including phenoxy) is 1. The number of hydrogen-bond donors (Lipinski definition) is 2. The van der Waals surface area contributed by atoms with Gasteiger partial charge in [-0.15, -0.1) is 0 Å². The number of para-hydroxylation sites is 1. The molecule has 228 valence electrons. The van der Waals surface area contributed by atoms with Crippen molar-refractivity contribution < 1.29 is 9.30 Å². The average Bonchev–Trinajstić information content (AvgIpc) is 3.30. The summed E-state index contributed by atoms with van der Waals surface area (Å²) < 4.78 is 21.6. The molecule has 2 aromatic heterocycles. The van der Waals surface area contributed by atoms with Gasteiger partial charge >= 0.3 is 0 Å². The highest BCUT2D eigenvalue weighted by atomic mass is 79.9. The number of halogens is 1. The van der Waals surface area contributed by atoms with Gasteiger partial charge < -0.3 is 29.7 Å². The molecule has 0 spiro atoms. The van der Waals surface area contributed by atoms with E-state index >= 15 is 0 Å². The lowest BCUT2D eigenvalue weighted by Crippen LogP contribution is -2.32. The number of benzene rings is 2. The third kappa shape index (κ3) is 6.89. The van der Waals surface area contributed by atoms with Crippen LogP contribution in [0.1, 0.15) is 19.5 Å². The van der Waals surface area contributed by atoms with Crippen LogP contribution in [0.3, 0.4) is 0 Å². The first-order valence-electron chi connectivity index (χ1n) is 14.4. The standard InChI is InChI=1S/C31H40BrN8O2P/c1-20(2)40-13-12-24-22(19-39(37-24)15-14-38(3)4)21-16-26(28(42-5)17-27(21)40)35-31-33-18-23(32)30(36-31)34-25-10-8-9-11-29(25)43(6,7)41/h8-11,16-20H,12-15H2,1-7H3,(H2,33,34,35,36). The van der Waals surface area contributed by atoms with Gasteiger partial charge in [-0.3, -0.25) is 4.68 Å². The van der Waals surface area contributed by atoms with Crippen molar-refractivity contribution in [3.63, 3.8) is 0 Å². The molecule has 0 fully saturated rings. The summed E-state index contributed by atoms with van der Waals surface area (Å²) in [5, 5.41) is 12.5. The fraction of sp³-hybridized carbons (Fsp3) is 0.387. The van der Waals surface area contributed by atoms with Gasteiger partial charge in [-0.25, -0.2) is 4.98 Å². The third-order valence-electron chi connectivity index (χ3n) is 7.47. The molecule has 3 heterocycles. The average molecular weight is 668 g/mol. The number of nitrogens with one attached hydrogen (secondary N) is 2. The van der Waals surface area contributed by atoms with Crippen LogP contribution in [0.2, 0.25) is 0 Å². The van der Waals surface area contributed by atoms with Gasteiger partial charge in [0.05, 0.1) is 35.2 Å². The minimum atomic E-state index is -2.51. The molecule has 2 N–H and O–H groups in total. The van der Waals surface area contributed by atoms with Crippen LogP contribution in [0.4, 0.5) is 28.8 Å². The number of aromatic nitrogens is 4. The number of hydrogen-bond acceptors (Lipinski definition) is 9. The number of likely N-dealkylation sites (N-methyl/N-ethyl adjacent to an activating group) is 1. The first kappa shape index (κ1) is 31.0. The molecule has 5 rings (SSSR count). The van der Waals surface area contributed by atoms with Crippen LogP contribution in [0.15, 0.2) is 53.3 Å². The summed E-state index contributed by atoms with van der Waals surface area (Å²) in [4.78, 5) is 13.9. The second kappa shape index (κ2) is 12.7. The molecule has 10 nitrogen and oxygen atoms in total. The summed E-state index contributed by atoms with van der Waals surface area (Å²) in [6.07, 6.45) is 4.71. The summed E-state index contributed by atoms with van der Waals surface area (Å²) in [7, 11) is 3.31. The van der Waals surface area contributed by atoms with Crippen LogP contribution in [0.5, 0.6) is 5.75 Å². The summed E-state index contributed by atoms with van der Waals surface area (Å²) in [6.45, 7) is 10.5. The van der Waals surface area contributed by atoms with Crippen molar-refractivity contribution in [2.45, 2.75) is 32.9 Å². The van der Waals surface area contributed by atoms with E-state index in [2.05, 4.69) is 92.3 Å². The Morgan fingerprint density at radius 1 is 1.12 bits per heavy atom. The van der Waals surface area contributed by atoms with E-state index in [9.17, 15) is 4.57 Å². The van der Waals surface area contributed by atoms with Crippen molar-refractivity contribution in [3.8, 4) is 16.9 Å². The summed E-state index contributed by atoms with van der Waals surface area (Å²) in [6, 6.07) is 12.1. The second-order valence-corrected chi connectivity index (χ2v) is 15.7. The number of methoxy groups -OCH3 is 1. The van der Waals surface area contributed by atoms with Gasteiger partial charge in [-0.1, -0.05) is 12.1 Å². The van der Waals surface area contributed by atoms with E-state index in [1.54, 1.807) is 26.6 Å². The molecule has 0 saturated carbocycles. The summed E-state index contributed by atoms with van der Waals surface area (Å²) in [5.41, 5.74) is 5.92. The largest absolute Gasteiger partial charge is 0.494 e. The molecule has 0 aliphatic carbocycles. The molecule has 12 heteroatoms. The minimum Gasteiger partial charge on any atom is -0.494 e. The molecule has 0 bridgehead atoms. The van der Waals surface area contributed by atoms with Crippen LogP contribution in [-0.2, 0) is 17.5 Å². The fourth-order valence-electron chi connectivity index (χ4n) is 5.27. The van der Waals surface area contributed by atoms with Crippen LogP contribution < -0.4 is 25.6 Å². The maximum Gasteiger partial charge on any atom is 0.229 e. The highest BCUT2D eigenvalue weighted by Gasteiger charge is 2.26. The second-order valence-electron chi connectivity index (χ2n) is 11.7. The monoisotopic (exact) mass is 666 g/mol. The zero-order chi connectivity index (χ0) is 30.9. The highest BCUT2D eigenvalue weighted by molar-refractivity contribution is 9.10. The molecule has 0 saturated heterocycles. The van der Waals surface area contributed by atoms with E-state index in [-0.39, 0.29) is 0 Å². The van der Waals surface area contributed by atoms with Gasteiger partial charge in [0.1, 0.15) is 18.7 Å². The molecule has 1 aliphatic heterocycles. The predicted octanol–water partition coefficient (Wildman–Crippen LogP) is 6.18. The summed E-state index contributed by atoms with van der Waals surface area (Å²) in [5.74, 6) is 1.65. The normalized spacial score (nSPS) is 13.1. The Morgan fingerprint density at radius 2 is 1.88 bits per heavy atom. The van der Waals surface area contributed by atoms with Crippen molar-refractivity contribution in [2.24, 2.45) is 0 Å². The van der Waals surface area contributed by atoms with E-state index in [1.165, 1.54) is 0 Å². The van der Waals surface area contributed by atoms with Gasteiger partial charge in [0.2, 0.25) is 5.95 Å². The van der Waals surface area contributed by atoms with E-state index < -0.39 is 7.14 Å². The molecule has 0 unspecified atom stereocenters. The molecule has 0 atom stereocenters. The van der Waals surface area contributed by atoms with E-state index in [0.29, 0.717) is 28.0 Å². The number of nitrogens with zero attached hydrogens (tertiary/aromatic N) is 6. The highest BCUT2D eigenvalue weighted by Crippen LogP contribution is 2.44. The van der Waals surface area contributed by atoms with E-state index in [0.717, 1.165) is 65.2 Å². The Labute approximate surface area is 262 Å². The number of rotatable bonds is 10. The zero-order valence-corrected chi connectivity index (χ0v) is 28.3. The lowest BCUT2D eigenvalue weighted by atomic mass is 10.0. The SMILES string of the molecule is COc1cc2c(cc1Nc1ncc(Br)c(Nc3ccccc3P(C)(C)=O)n1)-c1cn(CCN(C)C)nc1CCN2C(C)C. The lowest BCUT2D eigenvalue weighted by molar-refractivity contribution is 0.372. The zero-order valence-electron chi connectivity index (χ0n) is 25.8. The van der Waals surface area contributed by atoms with Crippen molar-refractivity contribution in [3.05, 3.63) is 59.0 Å². The van der Waals surface area contributed by atoms with Gasteiger partial charge in [0.25, 0.3) is 0 Å². The molecule has 2 aromatic carbocycles. The fourth-order valence-corrected chi connectivity index (χ4v) is 6.72. The van der Waals surface area contributed by atoms with Crippen LogP contribution in [0, 0.1) is 0 Å². The van der Waals surface area contributed by atoms with Crippen LogP contribution in [0.25, 0.3) is 11.1 Å². The Bertz CT molecular complexity index is 1670. The van der Waals surface area contributed by atoms with Gasteiger partial charge in [-0.05, 0) is 75.4 Å². The maximum atomic E-state index is 12.9. The number of anilines is 5. The minimum absolute atomic E-state index is 0.306. The molecule has 1 aliphatic rings. The molecule has 0 radical (unpaired) electrons. The van der Waals surface area contributed by atoms with Crippen LogP contribution in [-0.4, -0.2) is 78.3 Å². The van der Waals surface area contributed by atoms with Crippen molar-refractivity contribution in [1.82, 2.24) is 24.6 Å². The summed E-state index contributed by atoms with van der Waals surface area (Å²) >= 11 is 3.57. The molecular weight excluding hydrogens is 627 g/mol. The lowest BCUT2D eigenvalue weighted by Gasteiger charge is -2.30. The molecule has 4 aromatic rings. The van der Waals surface area contributed by atoms with Gasteiger partial charge in [-0.2, -0.15) is 10.1 Å². The van der Waals surface area contributed by atoms with Gasteiger partial charge in [0, 0.05) is 66.1 Å². The Hall–Kier alpha value is -3.40. The molecule has 43 heavy (non-hydrogen) atoms. The van der Waals surface area contributed by atoms with Crippen LogP contribution >= 0.6 is 23.1 Å². The molecule has 0 amide bonds. The quantitative estimate of drug-likeness (QED) is 0.192. The number of fused-ring (bicyclic) bond motifs is 3. The Morgan fingerprint density at radius 3 is 2.58 bits per heavy atom.